The van der Waals surface area contributed by atoms with Crippen molar-refractivity contribution in [1.82, 2.24) is 10.3 Å². The molecule has 0 aliphatic carbocycles. The van der Waals surface area contributed by atoms with Crippen LogP contribution in [0.1, 0.15) is 17.3 Å². The van der Waals surface area contributed by atoms with E-state index >= 15 is 0 Å². The lowest BCUT2D eigenvalue weighted by atomic mass is 10.0. The lowest BCUT2D eigenvalue weighted by Gasteiger charge is -2.18. The normalized spacial score (nSPS) is 12.5. The fraction of sp³-hybridized carbons (Fsp3) is 0.154. The van der Waals surface area contributed by atoms with Crippen LogP contribution in [-0.4, -0.2) is 12.0 Å². The van der Waals surface area contributed by atoms with Gasteiger partial charge in [-0.3, -0.25) is 4.98 Å². The van der Waals surface area contributed by atoms with Crippen molar-refractivity contribution in [3.8, 4) is 0 Å². The summed E-state index contributed by atoms with van der Waals surface area (Å²) < 4.78 is 14.8. The van der Waals surface area contributed by atoms with Crippen molar-refractivity contribution in [2.75, 3.05) is 7.05 Å². The fourth-order valence-electron chi connectivity index (χ4n) is 1.81. The van der Waals surface area contributed by atoms with Gasteiger partial charge < -0.3 is 5.32 Å². The highest BCUT2D eigenvalue weighted by molar-refractivity contribution is 9.10. The van der Waals surface area contributed by atoms with Crippen LogP contribution in [0, 0.1) is 5.82 Å². The second-order valence-electron chi connectivity index (χ2n) is 3.86. The zero-order valence-electron chi connectivity index (χ0n) is 9.92. The van der Waals surface area contributed by atoms with Crippen LogP contribution in [0.15, 0.2) is 34.9 Å². The van der Waals surface area contributed by atoms with E-state index in [0.717, 1.165) is 0 Å². The highest BCUT2D eigenvalue weighted by Crippen LogP contribution is 2.33. The molecule has 1 aromatic heterocycles. The summed E-state index contributed by atoms with van der Waals surface area (Å²) in [5.74, 6) is -0.489. The van der Waals surface area contributed by atoms with Crippen LogP contribution in [-0.2, 0) is 0 Å². The number of pyridine rings is 1. The Morgan fingerprint density at radius 1 is 1.32 bits per heavy atom. The van der Waals surface area contributed by atoms with E-state index in [-0.39, 0.29) is 5.02 Å². The molecule has 2 rings (SSSR count). The standard InChI is InChI=1S/C13H10BrCl2FN2/c1-18-12(13-9(15)3-2-6-19-13)7-4-5-8(14)10(16)11(7)17/h2-6,12,18H,1H3. The molecule has 1 N–H and O–H groups in total. The number of halogens is 4. The first-order chi connectivity index (χ1) is 9.06. The number of rotatable bonds is 3. The molecule has 2 aromatic rings. The molecule has 1 aromatic carbocycles. The Bertz CT molecular complexity index is 607. The van der Waals surface area contributed by atoms with Crippen molar-refractivity contribution in [1.29, 1.82) is 0 Å². The quantitative estimate of drug-likeness (QED) is 0.806. The van der Waals surface area contributed by atoms with E-state index in [1.165, 1.54) is 0 Å². The third kappa shape index (κ3) is 2.92. The number of hydrogen-bond acceptors (Lipinski definition) is 2. The van der Waals surface area contributed by atoms with Gasteiger partial charge in [-0.15, -0.1) is 0 Å². The van der Waals surface area contributed by atoms with Gasteiger partial charge in [-0.05, 0) is 41.2 Å². The minimum atomic E-state index is -0.489. The molecule has 2 nitrogen and oxygen atoms in total. The number of nitrogens with zero attached hydrogens (tertiary/aromatic N) is 1. The molecule has 6 heteroatoms. The summed E-state index contributed by atoms with van der Waals surface area (Å²) in [4.78, 5) is 4.20. The maximum Gasteiger partial charge on any atom is 0.148 e. The molecule has 19 heavy (non-hydrogen) atoms. The monoisotopic (exact) mass is 362 g/mol. The average Bonchev–Trinajstić information content (AvgIpc) is 2.41. The van der Waals surface area contributed by atoms with Gasteiger partial charge in [0, 0.05) is 16.2 Å². The summed E-state index contributed by atoms with van der Waals surface area (Å²) >= 11 is 15.2. The Balaban J connectivity index is 2.55. The predicted molar refractivity (Wildman–Crippen MR) is 79.3 cm³/mol. The first-order valence-electron chi connectivity index (χ1n) is 5.47. The van der Waals surface area contributed by atoms with E-state index in [2.05, 4.69) is 26.2 Å². The number of nitrogens with one attached hydrogen (secondary N) is 1. The van der Waals surface area contributed by atoms with Crippen LogP contribution in [0.2, 0.25) is 10.0 Å². The molecule has 0 aliphatic heterocycles. The van der Waals surface area contributed by atoms with Gasteiger partial charge in [-0.2, -0.15) is 0 Å². The van der Waals surface area contributed by atoms with Crippen LogP contribution in [0.3, 0.4) is 0 Å². The lowest BCUT2D eigenvalue weighted by molar-refractivity contribution is 0.570. The molecule has 1 atom stereocenters. The van der Waals surface area contributed by atoms with Crippen molar-refractivity contribution in [2.24, 2.45) is 0 Å². The maximum absolute atomic E-state index is 14.2. The first kappa shape index (κ1) is 14.7. The minimum Gasteiger partial charge on any atom is -0.308 e. The SMILES string of the molecule is CNC(c1ccc(Br)c(Cl)c1F)c1ncccc1Cl. The van der Waals surface area contributed by atoms with Gasteiger partial charge in [0.1, 0.15) is 5.82 Å². The molecule has 0 spiro atoms. The fourth-order valence-corrected chi connectivity index (χ4v) is 2.52. The van der Waals surface area contributed by atoms with E-state index in [9.17, 15) is 4.39 Å². The molecule has 100 valence electrons. The van der Waals surface area contributed by atoms with Crippen LogP contribution in [0.4, 0.5) is 4.39 Å². The second kappa shape index (κ2) is 6.18. The third-order valence-corrected chi connectivity index (χ3v) is 4.30. The molecular weight excluding hydrogens is 354 g/mol. The molecule has 0 amide bonds. The predicted octanol–water partition coefficient (Wildman–Crippen LogP) is 4.60. The van der Waals surface area contributed by atoms with Gasteiger partial charge in [0.15, 0.2) is 0 Å². The molecular formula is C13H10BrCl2FN2. The average molecular weight is 364 g/mol. The van der Waals surface area contributed by atoms with Crippen molar-refractivity contribution in [3.05, 3.63) is 62.1 Å². The Hall–Kier alpha value is -0.680. The zero-order chi connectivity index (χ0) is 14.0. The lowest BCUT2D eigenvalue weighted by Crippen LogP contribution is -2.20. The summed E-state index contributed by atoms with van der Waals surface area (Å²) in [7, 11) is 1.71. The summed E-state index contributed by atoms with van der Waals surface area (Å²) in [6.45, 7) is 0. The van der Waals surface area contributed by atoms with Crippen molar-refractivity contribution in [2.45, 2.75) is 6.04 Å². The topological polar surface area (TPSA) is 24.9 Å². The minimum absolute atomic E-state index is 0.0461. The smallest absolute Gasteiger partial charge is 0.148 e. The largest absolute Gasteiger partial charge is 0.308 e. The van der Waals surface area contributed by atoms with Crippen molar-refractivity contribution >= 4 is 39.1 Å². The van der Waals surface area contributed by atoms with E-state index < -0.39 is 11.9 Å². The van der Waals surface area contributed by atoms with Gasteiger partial charge in [0.25, 0.3) is 0 Å². The Morgan fingerprint density at radius 2 is 2.05 bits per heavy atom. The van der Waals surface area contributed by atoms with E-state index in [1.807, 2.05) is 0 Å². The molecule has 0 aliphatic rings. The summed E-state index contributed by atoms with van der Waals surface area (Å²) in [6, 6.07) is 6.33. The summed E-state index contributed by atoms with van der Waals surface area (Å²) in [6.07, 6.45) is 1.62. The van der Waals surface area contributed by atoms with Crippen LogP contribution < -0.4 is 5.32 Å². The van der Waals surface area contributed by atoms with Crippen molar-refractivity contribution < 1.29 is 4.39 Å². The van der Waals surface area contributed by atoms with Gasteiger partial charge in [0.2, 0.25) is 0 Å². The van der Waals surface area contributed by atoms with Crippen LogP contribution >= 0.6 is 39.1 Å². The molecule has 0 radical (unpaired) electrons. The highest BCUT2D eigenvalue weighted by Gasteiger charge is 2.22. The third-order valence-electron chi connectivity index (χ3n) is 2.73. The Kier molecular flexibility index (Phi) is 4.79. The molecule has 0 saturated carbocycles. The number of aromatic nitrogens is 1. The number of benzene rings is 1. The zero-order valence-corrected chi connectivity index (χ0v) is 13.0. The van der Waals surface area contributed by atoms with Crippen LogP contribution in [0.5, 0.6) is 0 Å². The Morgan fingerprint density at radius 3 is 2.68 bits per heavy atom. The maximum atomic E-state index is 14.2. The van der Waals surface area contributed by atoms with E-state index in [0.29, 0.717) is 20.8 Å². The van der Waals surface area contributed by atoms with E-state index in [4.69, 9.17) is 23.2 Å². The second-order valence-corrected chi connectivity index (χ2v) is 5.50. The summed E-state index contributed by atoms with van der Waals surface area (Å²) in [5.41, 5.74) is 0.959. The molecule has 0 bridgehead atoms. The Labute approximate surface area is 129 Å². The van der Waals surface area contributed by atoms with Gasteiger partial charge in [-0.1, -0.05) is 29.3 Å². The molecule has 1 heterocycles. The van der Waals surface area contributed by atoms with Gasteiger partial charge >= 0.3 is 0 Å². The van der Waals surface area contributed by atoms with Crippen LogP contribution in [0.25, 0.3) is 0 Å². The molecule has 1 unspecified atom stereocenters. The van der Waals surface area contributed by atoms with E-state index in [1.54, 1.807) is 37.5 Å². The molecule has 0 saturated heterocycles. The summed E-state index contributed by atoms with van der Waals surface area (Å²) in [5, 5.41) is 3.52. The first-order valence-corrected chi connectivity index (χ1v) is 7.02. The van der Waals surface area contributed by atoms with Gasteiger partial charge in [-0.25, -0.2) is 4.39 Å². The van der Waals surface area contributed by atoms with Crippen molar-refractivity contribution in [3.63, 3.8) is 0 Å². The van der Waals surface area contributed by atoms with Gasteiger partial charge in [0.05, 0.1) is 21.8 Å². The molecule has 0 fully saturated rings. The highest BCUT2D eigenvalue weighted by atomic mass is 79.9. The number of hydrogen-bond donors (Lipinski definition) is 1.